The third-order valence-electron chi connectivity index (χ3n) is 3.18. The van der Waals surface area contributed by atoms with Crippen molar-refractivity contribution < 1.29 is 19.1 Å². The number of rotatable bonds is 2. The molecule has 1 aromatic carbocycles. The number of cyclic esters (lactones) is 2. The third kappa shape index (κ3) is 3.19. The zero-order valence-electron chi connectivity index (χ0n) is 12.4. The molecule has 0 saturated carbocycles. The lowest BCUT2D eigenvalue weighted by Gasteiger charge is -2.29. The van der Waals surface area contributed by atoms with E-state index in [1.165, 1.54) is 19.9 Å². The van der Waals surface area contributed by atoms with Gasteiger partial charge >= 0.3 is 11.9 Å². The van der Waals surface area contributed by atoms with Crippen LogP contribution < -0.4 is 0 Å². The number of halogens is 1. The Morgan fingerprint density at radius 2 is 1.91 bits per heavy atom. The van der Waals surface area contributed by atoms with Crippen molar-refractivity contribution in [2.24, 2.45) is 0 Å². The molecule has 1 fully saturated rings. The van der Waals surface area contributed by atoms with E-state index in [-0.39, 0.29) is 5.57 Å². The molecule has 0 bridgehead atoms. The van der Waals surface area contributed by atoms with Gasteiger partial charge in [0.15, 0.2) is 0 Å². The van der Waals surface area contributed by atoms with E-state index in [9.17, 15) is 9.59 Å². The Bertz CT molecular complexity index is 787. The molecule has 3 rings (SSSR count). The Morgan fingerprint density at radius 3 is 2.48 bits per heavy atom. The smallest absolute Gasteiger partial charge is 0.348 e. The van der Waals surface area contributed by atoms with Crippen molar-refractivity contribution in [3.63, 3.8) is 0 Å². The summed E-state index contributed by atoms with van der Waals surface area (Å²) < 4.78 is 12.8. The Labute approximate surface area is 140 Å². The van der Waals surface area contributed by atoms with Crippen LogP contribution in [0.2, 0.25) is 0 Å². The molecular weight excluding hydrogens is 364 g/mol. The van der Waals surface area contributed by atoms with Crippen LogP contribution in [0.3, 0.4) is 0 Å². The zero-order valence-corrected chi connectivity index (χ0v) is 14.0. The molecule has 1 aliphatic heterocycles. The maximum absolute atomic E-state index is 11.9. The summed E-state index contributed by atoms with van der Waals surface area (Å²) >= 11 is 3.47. The standard InChI is InChI=1S/C16H13BrN2O4/c1-16(2)22-14(20)11(15(21)23-16)7-10-3-4-13(12(17)8-10)19-6-5-18-9-19/h3-9H,1-2H3. The van der Waals surface area contributed by atoms with Crippen molar-refractivity contribution in [3.8, 4) is 5.69 Å². The fourth-order valence-electron chi connectivity index (χ4n) is 2.17. The van der Waals surface area contributed by atoms with Crippen LogP contribution in [0.4, 0.5) is 0 Å². The highest BCUT2D eigenvalue weighted by Crippen LogP contribution is 2.27. The van der Waals surface area contributed by atoms with Crippen molar-refractivity contribution >= 4 is 33.9 Å². The molecule has 6 nitrogen and oxygen atoms in total. The average molecular weight is 377 g/mol. The Balaban J connectivity index is 1.93. The van der Waals surface area contributed by atoms with Gasteiger partial charge in [-0.15, -0.1) is 0 Å². The highest BCUT2D eigenvalue weighted by Gasteiger charge is 2.38. The molecule has 2 heterocycles. The molecule has 1 aliphatic rings. The van der Waals surface area contributed by atoms with Gasteiger partial charge in [0.25, 0.3) is 5.79 Å². The summed E-state index contributed by atoms with van der Waals surface area (Å²) in [7, 11) is 0. The number of imidazole rings is 1. The summed E-state index contributed by atoms with van der Waals surface area (Å²) in [5.74, 6) is -2.63. The van der Waals surface area contributed by atoms with E-state index < -0.39 is 17.7 Å². The maximum Gasteiger partial charge on any atom is 0.348 e. The largest absolute Gasteiger partial charge is 0.419 e. The maximum atomic E-state index is 11.9. The lowest BCUT2D eigenvalue weighted by Crippen LogP contribution is -2.41. The van der Waals surface area contributed by atoms with Crippen LogP contribution in [-0.4, -0.2) is 27.3 Å². The predicted molar refractivity (Wildman–Crippen MR) is 85.5 cm³/mol. The van der Waals surface area contributed by atoms with Gasteiger partial charge in [-0.25, -0.2) is 14.6 Å². The van der Waals surface area contributed by atoms with Crippen LogP contribution in [-0.2, 0) is 19.1 Å². The first-order chi connectivity index (χ1) is 10.9. The number of carbonyl (C=O) groups excluding carboxylic acids is 2. The van der Waals surface area contributed by atoms with Crippen molar-refractivity contribution in [2.75, 3.05) is 0 Å². The summed E-state index contributed by atoms with van der Waals surface area (Å²) in [4.78, 5) is 27.9. The highest BCUT2D eigenvalue weighted by molar-refractivity contribution is 9.10. The first-order valence-electron chi connectivity index (χ1n) is 6.82. The lowest BCUT2D eigenvalue weighted by molar-refractivity contribution is -0.222. The second-order valence-corrected chi connectivity index (χ2v) is 6.27. The topological polar surface area (TPSA) is 70.4 Å². The molecule has 0 N–H and O–H groups in total. The second-order valence-electron chi connectivity index (χ2n) is 5.42. The molecule has 1 saturated heterocycles. The van der Waals surface area contributed by atoms with Crippen LogP contribution in [0.1, 0.15) is 19.4 Å². The number of carbonyl (C=O) groups is 2. The average Bonchev–Trinajstić information content (AvgIpc) is 2.96. The first-order valence-corrected chi connectivity index (χ1v) is 7.61. The van der Waals surface area contributed by atoms with Crippen molar-refractivity contribution in [1.82, 2.24) is 9.55 Å². The summed E-state index contributed by atoms with van der Waals surface area (Å²) in [5, 5.41) is 0. The van der Waals surface area contributed by atoms with Crippen molar-refractivity contribution in [2.45, 2.75) is 19.6 Å². The summed E-state index contributed by atoms with van der Waals surface area (Å²) in [6, 6.07) is 5.43. The molecule has 0 radical (unpaired) electrons. The molecule has 2 aromatic rings. The number of hydrogen-bond acceptors (Lipinski definition) is 5. The Hall–Kier alpha value is -2.41. The van der Waals surface area contributed by atoms with E-state index in [4.69, 9.17) is 9.47 Å². The Morgan fingerprint density at radius 1 is 1.22 bits per heavy atom. The summed E-state index contributed by atoms with van der Waals surface area (Å²) in [6.07, 6.45) is 6.62. The van der Waals surface area contributed by atoms with E-state index in [2.05, 4.69) is 20.9 Å². The van der Waals surface area contributed by atoms with Gasteiger partial charge in [0.1, 0.15) is 5.57 Å². The molecule has 0 unspecified atom stereocenters. The second kappa shape index (κ2) is 5.66. The fraction of sp³-hybridized carbons (Fsp3) is 0.188. The number of nitrogens with zero attached hydrogens (tertiary/aromatic N) is 2. The predicted octanol–water partition coefficient (Wildman–Crippen LogP) is 2.85. The summed E-state index contributed by atoms with van der Waals surface area (Å²) in [5.41, 5.74) is 1.43. The number of aromatic nitrogens is 2. The molecule has 0 spiro atoms. The van der Waals surface area contributed by atoms with Gasteiger partial charge in [0, 0.05) is 30.7 Å². The fourth-order valence-corrected chi connectivity index (χ4v) is 2.77. The van der Waals surface area contributed by atoms with Crippen molar-refractivity contribution in [3.05, 3.63) is 52.5 Å². The third-order valence-corrected chi connectivity index (χ3v) is 3.82. The van der Waals surface area contributed by atoms with Crippen LogP contribution in [0, 0.1) is 0 Å². The molecule has 0 amide bonds. The van der Waals surface area contributed by atoms with Gasteiger partial charge in [-0.3, -0.25) is 0 Å². The van der Waals surface area contributed by atoms with Crippen LogP contribution in [0.25, 0.3) is 11.8 Å². The van der Waals surface area contributed by atoms with E-state index in [1.807, 2.05) is 16.8 Å². The monoisotopic (exact) mass is 376 g/mol. The number of benzene rings is 1. The van der Waals surface area contributed by atoms with Crippen LogP contribution >= 0.6 is 15.9 Å². The van der Waals surface area contributed by atoms with Gasteiger partial charge < -0.3 is 14.0 Å². The SMILES string of the molecule is CC1(C)OC(=O)C(=Cc2ccc(-n3ccnc3)c(Br)c2)C(=O)O1. The minimum atomic E-state index is -1.24. The van der Waals surface area contributed by atoms with E-state index in [0.29, 0.717) is 5.56 Å². The molecule has 118 valence electrons. The van der Waals surface area contributed by atoms with Gasteiger partial charge in [-0.1, -0.05) is 6.07 Å². The molecule has 23 heavy (non-hydrogen) atoms. The van der Waals surface area contributed by atoms with Crippen LogP contribution in [0.15, 0.2) is 47.0 Å². The Kier molecular flexibility index (Phi) is 3.81. The molecular formula is C16H13BrN2O4. The lowest BCUT2D eigenvalue weighted by atomic mass is 10.1. The summed E-state index contributed by atoms with van der Waals surface area (Å²) in [6.45, 7) is 3.02. The van der Waals surface area contributed by atoms with Crippen molar-refractivity contribution in [1.29, 1.82) is 0 Å². The normalized spacial score (nSPS) is 16.7. The van der Waals surface area contributed by atoms with Crippen LogP contribution in [0.5, 0.6) is 0 Å². The van der Waals surface area contributed by atoms with Gasteiger partial charge in [0.05, 0.1) is 12.0 Å². The van der Waals surface area contributed by atoms with Gasteiger partial charge in [-0.05, 0) is 39.7 Å². The van der Waals surface area contributed by atoms with E-state index in [0.717, 1.165) is 10.2 Å². The quantitative estimate of drug-likeness (QED) is 0.457. The van der Waals surface area contributed by atoms with E-state index >= 15 is 0 Å². The van der Waals surface area contributed by atoms with Gasteiger partial charge in [0.2, 0.25) is 0 Å². The van der Waals surface area contributed by atoms with E-state index in [1.54, 1.807) is 24.7 Å². The number of ether oxygens (including phenoxy) is 2. The first kappa shape index (κ1) is 15.5. The minimum Gasteiger partial charge on any atom is -0.419 e. The minimum absolute atomic E-state index is 0.133. The highest BCUT2D eigenvalue weighted by atomic mass is 79.9. The number of hydrogen-bond donors (Lipinski definition) is 0. The number of esters is 2. The van der Waals surface area contributed by atoms with Gasteiger partial charge in [-0.2, -0.15) is 0 Å². The zero-order chi connectivity index (χ0) is 16.6. The molecule has 0 aliphatic carbocycles. The molecule has 0 atom stereocenters. The molecule has 7 heteroatoms. The molecule has 1 aromatic heterocycles.